The van der Waals surface area contributed by atoms with Crippen LogP contribution in [0, 0.1) is 12.8 Å². The number of carbonyl (C=O) groups excluding carboxylic acids is 2. The molecule has 1 saturated heterocycles. The number of nitrogens with zero attached hydrogens (tertiary/aromatic N) is 2. The maximum Gasteiger partial charge on any atom is 0.253 e. The zero-order valence-electron chi connectivity index (χ0n) is 16.2. The molecule has 1 aromatic heterocycles. The van der Waals surface area contributed by atoms with E-state index in [2.05, 4.69) is 5.32 Å². The van der Waals surface area contributed by atoms with Gasteiger partial charge in [-0.05, 0) is 31.9 Å². The largest absolute Gasteiger partial charge is 0.350 e. The summed E-state index contributed by atoms with van der Waals surface area (Å²) in [7, 11) is 0. The van der Waals surface area contributed by atoms with Crippen LogP contribution in [-0.4, -0.2) is 34.8 Å². The molecular formula is C21H27N3O2S. The monoisotopic (exact) mass is 385 g/mol. The van der Waals surface area contributed by atoms with Gasteiger partial charge < -0.3 is 10.2 Å². The van der Waals surface area contributed by atoms with Crippen LogP contribution in [0.25, 0.3) is 0 Å². The topological polar surface area (TPSA) is 62.3 Å². The highest BCUT2D eigenvalue weighted by atomic mass is 32.1. The van der Waals surface area contributed by atoms with Crippen molar-refractivity contribution in [1.29, 1.82) is 0 Å². The molecule has 3 rings (SSSR count). The summed E-state index contributed by atoms with van der Waals surface area (Å²) in [6.07, 6.45) is 2.03. The summed E-state index contributed by atoms with van der Waals surface area (Å²) in [6.45, 7) is 7.73. The van der Waals surface area contributed by atoms with E-state index in [4.69, 9.17) is 4.98 Å². The minimum atomic E-state index is -0.0253. The number of aryl methyl sites for hydroxylation is 1. The predicted molar refractivity (Wildman–Crippen MR) is 108 cm³/mol. The van der Waals surface area contributed by atoms with E-state index in [1.54, 1.807) is 11.3 Å². The number of likely N-dealkylation sites (tertiary alicyclic amines) is 1. The van der Waals surface area contributed by atoms with Crippen LogP contribution in [-0.2, 0) is 11.3 Å². The molecule has 0 aliphatic carbocycles. The van der Waals surface area contributed by atoms with Gasteiger partial charge in [0.15, 0.2) is 0 Å². The van der Waals surface area contributed by atoms with E-state index >= 15 is 0 Å². The first-order valence-electron chi connectivity index (χ1n) is 9.52. The summed E-state index contributed by atoms with van der Waals surface area (Å²) in [6, 6.07) is 7.77. The highest BCUT2D eigenvalue weighted by Crippen LogP contribution is 2.30. The number of thiazole rings is 1. The SMILES string of the molecule is Cc1cccc(C(=O)N2CCC[C@H](c3nc(CNC(=O)C(C)C)cs3)C2)c1. The van der Waals surface area contributed by atoms with Crippen LogP contribution in [0.15, 0.2) is 29.6 Å². The summed E-state index contributed by atoms with van der Waals surface area (Å²) >= 11 is 1.63. The maximum atomic E-state index is 12.8. The van der Waals surface area contributed by atoms with Gasteiger partial charge in [0.05, 0.1) is 17.2 Å². The molecule has 0 spiro atoms. The van der Waals surface area contributed by atoms with Crippen LogP contribution in [0.1, 0.15) is 59.2 Å². The van der Waals surface area contributed by atoms with E-state index in [0.717, 1.165) is 41.2 Å². The van der Waals surface area contributed by atoms with Crippen molar-refractivity contribution in [3.8, 4) is 0 Å². The number of amides is 2. The Bertz CT molecular complexity index is 815. The molecule has 5 nitrogen and oxygen atoms in total. The average molecular weight is 386 g/mol. The number of aromatic nitrogens is 1. The second kappa shape index (κ2) is 8.65. The Hall–Kier alpha value is -2.21. The first kappa shape index (κ1) is 19.5. The standard InChI is InChI=1S/C21H27N3O2S/c1-14(2)19(25)22-11-18-13-27-20(23-18)17-8-5-9-24(12-17)21(26)16-7-4-6-15(3)10-16/h4,6-7,10,13-14,17H,5,8-9,11-12H2,1-3H3,(H,22,25)/t17-/m0/s1. The predicted octanol–water partition coefficient (Wildman–Crippen LogP) is 3.74. The Morgan fingerprint density at radius 1 is 1.37 bits per heavy atom. The van der Waals surface area contributed by atoms with Gasteiger partial charge in [0, 0.05) is 35.9 Å². The van der Waals surface area contributed by atoms with Gasteiger partial charge in [-0.15, -0.1) is 11.3 Å². The highest BCUT2D eigenvalue weighted by molar-refractivity contribution is 7.09. The maximum absolute atomic E-state index is 12.8. The molecule has 1 aliphatic heterocycles. The summed E-state index contributed by atoms with van der Waals surface area (Å²) in [5, 5.41) is 5.98. The lowest BCUT2D eigenvalue weighted by Gasteiger charge is -2.32. The number of nitrogens with one attached hydrogen (secondary N) is 1. The molecule has 27 heavy (non-hydrogen) atoms. The van der Waals surface area contributed by atoms with E-state index < -0.39 is 0 Å². The molecule has 0 bridgehead atoms. The van der Waals surface area contributed by atoms with E-state index in [9.17, 15) is 9.59 Å². The van der Waals surface area contributed by atoms with E-state index in [-0.39, 0.29) is 23.7 Å². The van der Waals surface area contributed by atoms with Gasteiger partial charge in [-0.2, -0.15) is 0 Å². The number of hydrogen-bond donors (Lipinski definition) is 1. The summed E-state index contributed by atoms with van der Waals surface area (Å²) in [4.78, 5) is 31.2. The molecule has 6 heteroatoms. The van der Waals surface area contributed by atoms with Crippen molar-refractivity contribution in [2.24, 2.45) is 5.92 Å². The van der Waals surface area contributed by atoms with Crippen LogP contribution in [0.4, 0.5) is 0 Å². The minimum Gasteiger partial charge on any atom is -0.350 e. The lowest BCUT2D eigenvalue weighted by Crippen LogP contribution is -2.39. The van der Waals surface area contributed by atoms with Gasteiger partial charge in [-0.3, -0.25) is 9.59 Å². The highest BCUT2D eigenvalue weighted by Gasteiger charge is 2.27. The van der Waals surface area contributed by atoms with Gasteiger partial charge in [0.25, 0.3) is 5.91 Å². The first-order valence-corrected chi connectivity index (χ1v) is 10.4. The number of benzene rings is 1. The third-order valence-electron chi connectivity index (χ3n) is 4.86. The van der Waals surface area contributed by atoms with Crippen LogP contribution in [0.5, 0.6) is 0 Å². The van der Waals surface area contributed by atoms with Gasteiger partial charge in [-0.25, -0.2) is 4.98 Å². The fourth-order valence-electron chi connectivity index (χ4n) is 3.30. The van der Waals surface area contributed by atoms with Crippen molar-refractivity contribution in [3.05, 3.63) is 51.5 Å². The number of piperidine rings is 1. The molecule has 1 fully saturated rings. The van der Waals surface area contributed by atoms with Gasteiger partial charge in [0.1, 0.15) is 0 Å². The molecule has 0 unspecified atom stereocenters. The van der Waals surface area contributed by atoms with Crippen molar-refractivity contribution in [2.75, 3.05) is 13.1 Å². The van der Waals surface area contributed by atoms with Crippen LogP contribution < -0.4 is 5.32 Å². The molecule has 1 aliphatic rings. The molecule has 2 heterocycles. The average Bonchev–Trinajstić information content (AvgIpc) is 3.14. The molecule has 0 saturated carbocycles. The van der Waals surface area contributed by atoms with Gasteiger partial charge in [-0.1, -0.05) is 31.5 Å². The smallest absolute Gasteiger partial charge is 0.253 e. The molecule has 2 aromatic rings. The number of hydrogen-bond acceptors (Lipinski definition) is 4. The third-order valence-corrected chi connectivity index (χ3v) is 5.92. The summed E-state index contributed by atoms with van der Waals surface area (Å²) in [5.74, 6) is 0.385. The normalized spacial score (nSPS) is 17.2. The van der Waals surface area contributed by atoms with Gasteiger partial charge >= 0.3 is 0 Å². The Morgan fingerprint density at radius 2 is 2.19 bits per heavy atom. The summed E-state index contributed by atoms with van der Waals surface area (Å²) in [5.41, 5.74) is 2.75. The van der Waals surface area contributed by atoms with Gasteiger partial charge in [0.2, 0.25) is 5.91 Å². The zero-order chi connectivity index (χ0) is 19.4. The quantitative estimate of drug-likeness (QED) is 0.853. The fourth-order valence-corrected chi connectivity index (χ4v) is 4.24. The van der Waals surface area contributed by atoms with Crippen molar-refractivity contribution in [2.45, 2.75) is 46.1 Å². The van der Waals surface area contributed by atoms with E-state index in [1.807, 2.05) is 55.3 Å². The molecule has 2 amide bonds. The Morgan fingerprint density at radius 3 is 2.93 bits per heavy atom. The molecular weight excluding hydrogens is 358 g/mol. The molecule has 0 radical (unpaired) electrons. The van der Waals surface area contributed by atoms with Crippen molar-refractivity contribution in [1.82, 2.24) is 15.2 Å². The zero-order valence-corrected chi connectivity index (χ0v) is 17.0. The summed E-state index contributed by atoms with van der Waals surface area (Å²) < 4.78 is 0. The van der Waals surface area contributed by atoms with Crippen molar-refractivity contribution >= 4 is 23.2 Å². The van der Waals surface area contributed by atoms with E-state index in [1.165, 1.54) is 0 Å². The van der Waals surface area contributed by atoms with Crippen LogP contribution >= 0.6 is 11.3 Å². The van der Waals surface area contributed by atoms with E-state index in [0.29, 0.717) is 13.1 Å². The number of rotatable bonds is 5. The Balaban J connectivity index is 1.63. The minimum absolute atomic E-state index is 0.0253. The second-order valence-electron chi connectivity index (χ2n) is 7.51. The molecule has 1 aromatic carbocycles. The van der Waals surface area contributed by atoms with Crippen molar-refractivity contribution in [3.63, 3.8) is 0 Å². The number of carbonyl (C=O) groups is 2. The van der Waals surface area contributed by atoms with Crippen LogP contribution in [0.3, 0.4) is 0 Å². The molecule has 1 atom stereocenters. The molecule has 144 valence electrons. The second-order valence-corrected chi connectivity index (χ2v) is 8.40. The lowest BCUT2D eigenvalue weighted by atomic mass is 9.98. The fraction of sp³-hybridized carbons (Fsp3) is 0.476. The molecule has 1 N–H and O–H groups in total. The lowest BCUT2D eigenvalue weighted by molar-refractivity contribution is -0.124. The Labute approximate surface area is 164 Å². The first-order chi connectivity index (χ1) is 12.9. The van der Waals surface area contributed by atoms with Crippen molar-refractivity contribution < 1.29 is 9.59 Å². The Kier molecular flexibility index (Phi) is 6.26. The third kappa shape index (κ3) is 4.95. The van der Waals surface area contributed by atoms with Crippen LogP contribution in [0.2, 0.25) is 0 Å².